The van der Waals surface area contributed by atoms with Crippen LogP contribution in [0, 0.1) is 0 Å². The summed E-state index contributed by atoms with van der Waals surface area (Å²) in [4.78, 5) is 0. The van der Waals surface area contributed by atoms with Crippen LogP contribution in [0.5, 0.6) is 0 Å². The average Bonchev–Trinajstić information content (AvgIpc) is 2.77. The first kappa shape index (κ1) is 14.3. The molecule has 1 aromatic heterocycles. The first-order valence-electron chi connectivity index (χ1n) is 7.23. The normalized spacial score (nSPS) is 10.9. The van der Waals surface area contributed by atoms with Gasteiger partial charge in [-0.05, 0) is 31.5 Å². The molecule has 0 aliphatic rings. The highest BCUT2D eigenvalue weighted by Gasteiger charge is 1.99. The van der Waals surface area contributed by atoms with Crippen LogP contribution in [0.15, 0.2) is 18.3 Å². The molecule has 0 unspecified atom stereocenters. The van der Waals surface area contributed by atoms with Crippen molar-refractivity contribution in [1.29, 1.82) is 0 Å². The summed E-state index contributed by atoms with van der Waals surface area (Å²) in [5.74, 6) is 0. The third kappa shape index (κ3) is 5.92. The number of nitrogens with zero attached hydrogens (tertiary/aromatic N) is 1. The second-order valence-corrected chi connectivity index (χ2v) is 4.78. The number of hydrogen-bond acceptors (Lipinski definition) is 1. The molecule has 0 bridgehead atoms. The van der Waals surface area contributed by atoms with Gasteiger partial charge >= 0.3 is 0 Å². The standard InChI is InChI=1S/C15H28N2/c1-3-5-6-7-8-12-17-13-9-10-15(17)14-16-11-4-2/h9-10,13,16H,3-8,11-12,14H2,1-2H3. The smallest absolute Gasteiger partial charge is 0.0359 e. The van der Waals surface area contributed by atoms with Gasteiger partial charge in [0, 0.05) is 25.0 Å². The van der Waals surface area contributed by atoms with Crippen molar-refractivity contribution in [1.82, 2.24) is 9.88 Å². The summed E-state index contributed by atoms with van der Waals surface area (Å²) in [6, 6.07) is 4.39. The van der Waals surface area contributed by atoms with Crippen molar-refractivity contribution in [3.63, 3.8) is 0 Å². The Labute approximate surface area is 106 Å². The lowest BCUT2D eigenvalue weighted by Crippen LogP contribution is -2.16. The van der Waals surface area contributed by atoms with E-state index in [1.54, 1.807) is 0 Å². The summed E-state index contributed by atoms with van der Waals surface area (Å²) in [5, 5.41) is 3.47. The SMILES string of the molecule is CCCCCCCn1cccc1CNCCC. The molecule has 1 rings (SSSR count). The van der Waals surface area contributed by atoms with Gasteiger partial charge < -0.3 is 9.88 Å². The van der Waals surface area contributed by atoms with Crippen LogP contribution in [0.25, 0.3) is 0 Å². The van der Waals surface area contributed by atoms with Crippen LogP contribution in [-0.4, -0.2) is 11.1 Å². The summed E-state index contributed by atoms with van der Waals surface area (Å²) >= 11 is 0. The summed E-state index contributed by atoms with van der Waals surface area (Å²) in [6.07, 6.45) is 10.2. The lowest BCUT2D eigenvalue weighted by atomic mass is 10.1. The molecular weight excluding hydrogens is 208 g/mol. The van der Waals surface area contributed by atoms with E-state index in [9.17, 15) is 0 Å². The number of aryl methyl sites for hydroxylation is 1. The van der Waals surface area contributed by atoms with E-state index < -0.39 is 0 Å². The summed E-state index contributed by atoms with van der Waals surface area (Å²) < 4.78 is 2.40. The molecule has 1 N–H and O–H groups in total. The minimum Gasteiger partial charge on any atom is -0.350 e. The predicted molar refractivity (Wildman–Crippen MR) is 75.2 cm³/mol. The topological polar surface area (TPSA) is 17.0 Å². The lowest BCUT2D eigenvalue weighted by Gasteiger charge is -2.09. The zero-order chi connectivity index (χ0) is 12.3. The number of rotatable bonds is 10. The molecule has 1 heterocycles. The van der Waals surface area contributed by atoms with Gasteiger partial charge in [0.25, 0.3) is 0 Å². The molecule has 0 aliphatic carbocycles. The van der Waals surface area contributed by atoms with E-state index in [2.05, 4.69) is 42.1 Å². The van der Waals surface area contributed by atoms with E-state index in [1.165, 1.54) is 50.8 Å². The van der Waals surface area contributed by atoms with Crippen molar-refractivity contribution >= 4 is 0 Å². The highest BCUT2D eigenvalue weighted by atomic mass is 15.0. The van der Waals surface area contributed by atoms with Crippen LogP contribution in [-0.2, 0) is 13.1 Å². The molecule has 2 nitrogen and oxygen atoms in total. The summed E-state index contributed by atoms with van der Waals surface area (Å²) in [6.45, 7) is 7.78. The maximum Gasteiger partial charge on any atom is 0.0359 e. The first-order chi connectivity index (χ1) is 8.38. The Hall–Kier alpha value is -0.760. The molecule has 2 heteroatoms. The fourth-order valence-electron chi connectivity index (χ4n) is 2.11. The molecule has 0 fully saturated rings. The second-order valence-electron chi connectivity index (χ2n) is 4.78. The van der Waals surface area contributed by atoms with Crippen molar-refractivity contribution in [2.24, 2.45) is 0 Å². The van der Waals surface area contributed by atoms with Gasteiger partial charge in [0.05, 0.1) is 0 Å². The lowest BCUT2D eigenvalue weighted by molar-refractivity contribution is 0.545. The summed E-state index contributed by atoms with van der Waals surface area (Å²) in [7, 11) is 0. The Morgan fingerprint density at radius 3 is 2.65 bits per heavy atom. The van der Waals surface area contributed by atoms with Crippen LogP contribution in [0.1, 0.15) is 58.1 Å². The molecule has 0 aliphatic heterocycles. The Balaban J connectivity index is 2.20. The Morgan fingerprint density at radius 2 is 1.88 bits per heavy atom. The van der Waals surface area contributed by atoms with Crippen molar-refractivity contribution in [3.8, 4) is 0 Å². The van der Waals surface area contributed by atoms with E-state index >= 15 is 0 Å². The fourth-order valence-corrected chi connectivity index (χ4v) is 2.11. The first-order valence-corrected chi connectivity index (χ1v) is 7.23. The molecule has 0 radical (unpaired) electrons. The Morgan fingerprint density at radius 1 is 1.06 bits per heavy atom. The van der Waals surface area contributed by atoms with Crippen LogP contribution in [0.4, 0.5) is 0 Å². The van der Waals surface area contributed by atoms with Crippen molar-refractivity contribution in [3.05, 3.63) is 24.0 Å². The molecule has 0 spiro atoms. The van der Waals surface area contributed by atoms with Crippen LogP contribution in [0.2, 0.25) is 0 Å². The van der Waals surface area contributed by atoms with Crippen LogP contribution >= 0.6 is 0 Å². The minimum atomic E-state index is 1.01. The molecule has 0 saturated heterocycles. The van der Waals surface area contributed by atoms with E-state index in [4.69, 9.17) is 0 Å². The number of unbranched alkanes of at least 4 members (excludes halogenated alkanes) is 4. The maximum absolute atomic E-state index is 3.47. The zero-order valence-corrected chi connectivity index (χ0v) is 11.5. The van der Waals surface area contributed by atoms with Gasteiger partial charge in [-0.2, -0.15) is 0 Å². The highest BCUT2D eigenvalue weighted by molar-refractivity contribution is 5.06. The second kappa shape index (κ2) is 9.29. The van der Waals surface area contributed by atoms with Crippen molar-refractivity contribution < 1.29 is 0 Å². The van der Waals surface area contributed by atoms with Gasteiger partial charge in [0.15, 0.2) is 0 Å². The Kier molecular flexibility index (Phi) is 7.81. The molecular formula is C15H28N2. The van der Waals surface area contributed by atoms with Crippen LogP contribution in [0.3, 0.4) is 0 Å². The van der Waals surface area contributed by atoms with E-state index in [0.717, 1.165) is 13.1 Å². The molecule has 0 amide bonds. The van der Waals surface area contributed by atoms with E-state index in [0.29, 0.717) is 0 Å². The third-order valence-electron chi connectivity index (χ3n) is 3.16. The fraction of sp³-hybridized carbons (Fsp3) is 0.733. The van der Waals surface area contributed by atoms with Crippen LogP contribution < -0.4 is 5.32 Å². The molecule has 98 valence electrons. The zero-order valence-electron chi connectivity index (χ0n) is 11.5. The van der Waals surface area contributed by atoms with E-state index in [-0.39, 0.29) is 0 Å². The van der Waals surface area contributed by atoms with Crippen molar-refractivity contribution in [2.75, 3.05) is 6.54 Å². The van der Waals surface area contributed by atoms with Gasteiger partial charge in [0.2, 0.25) is 0 Å². The predicted octanol–water partition coefficient (Wildman–Crippen LogP) is 3.96. The van der Waals surface area contributed by atoms with Gasteiger partial charge in [-0.1, -0.05) is 39.5 Å². The Bertz CT molecular complexity index is 278. The third-order valence-corrected chi connectivity index (χ3v) is 3.16. The van der Waals surface area contributed by atoms with Gasteiger partial charge in [0.1, 0.15) is 0 Å². The number of hydrogen-bond donors (Lipinski definition) is 1. The average molecular weight is 236 g/mol. The number of nitrogens with one attached hydrogen (secondary N) is 1. The highest BCUT2D eigenvalue weighted by Crippen LogP contribution is 2.07. The van der Waals surface area contributed by atoms with Gasteiger partial charge in [-0.25, -0.2) is 0 Å². The molecule has 0 saturated carbocycles. The minimum absolute atomic E-state index is 1.01. The largest absolute Gasteiger partial charge is 0.350 e. The molecule has 0 atom stereocenters. The number of aromatic nitrogens is 1. The van der Waals surface area contributed by atoms with Crippen molar-refractivity contribution in [2.45, 2.75) is 65.5 Å². The monoisotopic (exact) mass is 236 g/mol. The van der Waals surface area contributed by atoms with E-state index in [1.807, 2.05) is 0 Å². The van der Waals surface area contributed by atoms with Gasteiger partial charge in [-0.15, -0.1) is 0 Å². The molecule has 0 aromatic carbocycles. The molecule has 1 aromatic rings. The van der Waals surface area contributed by atoms with Gasteiger partial charge in [-0.3, -0.25) is 0 Å². The molecule has 17 heavy (non-hydrogen) atoms. The summed E-state index contributed by atoms with van der Waals surface area (Å²) in [5.41, 5.74) is 1.42. The maximum atomic E-state index is 3.47. The quantitative estimate of drug-likeness (QED) is 0.608.